The summed E-state index contributed by atoms with van der Waals surface area (Å²) >= 11 is 0. The van der Waals surface area contributed by atoms with Crippen LogP contribution < -0.4 is 4.74 Å². The Balaban J connectivity index is 0.000000956. The summed E-state index contributed by atoms with van der Waals surface area (Å²) in [7, 11) is -3.38. The van der Waals surface area contributed by atoms with Crippen molar-refractivity contribution < 1.29 is 13.2 Å². The molecule has 0 unspecified atom stereocenters. The Morgan fingerprint density at radius 1 is 1.15 bits per heavy atom. The van der Waals surface area contributed by atoms with Crippen molar-refractivity contribution in [3.05, 3.63) is 42.2 Å². The quantitative estimate of drug-likeness (QED) is 0.870. The normalized spacial score (nSPS) is 10.4. The molecule has 0 fully saturated rings. The maximum absolute atomic E-state index is 11.3. The Kier molecular flexibility index (Phi) is 5.64. The van der Waals surface area contributed by atoms with Crippen molar-refractivity contribution in [1.82, 2.24) is 9.97 Å². The van der Waals surface area contributed by atoms with E-state index in [-0.39, 0.29) is 10.9 Å². The van der Waals surface area contributed by atoms with Gasteiger partial charge in [0.1, 0.15) is 5.75 Å². The fraction of sp³-hybridized carbons (Fsp3) is 0.286. The lowest BCUT2D eigenvalue weighted by atomic mass is 10.2. The molecule has 0 atom stereocenters. The molecule has 2 rings (SSSR count). The van der Waals surface area contributed by atoms with E-state index < -0.39 is 9.84 Å². The van der Waals surface area contributed by atoms with Gasteiger partial charge in [0.25, 0.3) is 0 Å². The Morgan fingerprint density at radius 2 is 1.85 bits per heavy atom. The minimum Gasteiger partial charge on any atom is -0.437 e. The summed E-state index contributed by atoms with van der Waals surface area (Å²) in [5.74, 6) is 0.749. The van der Waals surface area contributed by atoms with Crippen molar-refractivity contribution in [2.24, 2.45) is 0 Å². The van der Waals surface area contributed by atoms with Gasteiger partial charge in [0.05, 0.1) is 12.4 Å². The number of nitrogens with zero attached hydrogens (tertiary/aromatic N) is 2. The molecule has 20 heavy (non-hydrogen) atoms. The van der Waals surface area contributed by atoms with E-state index in [1.54, 1.807) is 6.07 Å². The van der Waals surface area contributed by atoms with E-state index in [1.165, 1.54) is 12.4 Å². The summed E-state index contributed by atoms with van der Waals surface area (Å²) in [6.07, 6.45) is 3.64. The van der Waals surface area contributed by atoms with Crippen LogP contribution in [0, 0.1) is 6.92 Å². The molecule has 0 aliphatic rings. The second-order valence-corrected chi connectivity index (χ2v) is 5.85. The average Bonchev–Trinajstić information content (AvgIpc) is 2.40. The highest BCUT2D eigenvalue weighted by Crippen LogP contribution is 2.20. The van der Waals surface area contributed by atoms with Gasteiger partial charge in [-0.25, -0.2) is 8.42 Å². The Labute approximate surface area is 119 Å². The topological polar surface area (TPSA) is 69.2 Å². The van der Waals surface area contributed by atoms with Gasteiger partial charge in [-0.1, -0.05) is 26.0 Å². The van der Waals surface area contributed by atoms with Crippen LogP contribution in [0.1, 0.15) is 19.4 Å². The second-order valence-electron chi connectivity index (χ2n) is 3.89. The predicted molar refractivity (Wildman–Crippen MR) is 77.7 cm³/mol. The molecule has 2 aromatic rings. The standard InChI is InChI=1S/C12H12N2O3S.C2H6/c1-9-4-3-5-10(6-9)17-11-7-13-8-12(14-11)18(2,15)16;1-2/h3-8H,1-2H3;1-2H3. The molecule has 108 valence electrons. The number of hydrogen-bond acceptors (Lipinski definition) is 5. The number of rotatable bonds is 3. The molecule has 1 aromatic heterocycles. The Hall–Kier alpha value is -1.95. The second kappa shape index (κ2) is 7.00. The number of hydrogen-bond donors (Lipinski definition) is 0. The number of aryl methyl sites for hydroxylation is 1. The first kappa shape index (κ1) is 16.1. The van der Waals surface area contributed by atoms with E-state index in [9.17, 15) is 8.42 Å². The zero-order valence-electron chi connectivity index (χ0n) is 12.0. The third-order valence-electron chi connectivity index (χ3n) is 2.18. The van der Waals surface area contributed by atoms with E-state index in [4.69, 9.17) is 4.74 Å². The highest BCUT2D eigenvalue weighted by atomic mass is 32.2. The fourth-order valence-electron chi connectivity index (χ4n) is 1.36. The maximum atomic E-state index is 11.3. The summed E-state index contributed by atoms with van der Waals surface area (Å²) in [6, 6.07) is 7.38. The lowest BCUT2D eigenvalue weighted by molar-refractivity contribution is 0.453. The number of ether oxygens (including phenoxy) is 1. The SMILES string of the molecule is CC.Cc1cccc(Oc2cncc(S(C)(=O)=O)n2)c1. The molecule has 5 nitrogen and oxygen atoms in total. The molecule has 0 aliphatic carbocycles. The van der Waals surface area contributed by atoms with Gasteiger partial charge in [0, 0.05) is 6.26 Å². The first-order valence-corrected chi connectivity index (χ1v) is 8.11. The highest BCUT2D eigenvalue weighted by molar-refractivity contribution is 7.90. The van der Waals surface area contributed by atoms with Crippen LogP contribution in [-0.2, 0) is 9.84 Å². The summed E-state index contributed by atoms with van der Waals surface area (Å²) in [5, 5.41) is -0.104. The molecule has 0 saturated heterocycles. The first-order valence-electron chi connectivity index (χ1n) is 6.22. The van der Waals surface area contributed by atoms with Crippen molar-refractivity contribution >= 4 is 9.84 Å². The van der Waals surface area contributed by atoms with Crippen molar-refractivity contribution in [2.45, 2.75) is 25.8 Å². The molecule has 1 aromatic carbocycles. The Morgan fingerprint density at radius 3 is 2.45 bits per heavy atom. The average molecular weight is 294 g/mol. The summed E-state index contributed by atoms with van der Waals surface area (Å²) in [4.78, 5) is 7.70. The largest absolute Gasteiger partial charge is 0.437 e. The molecular weight excluding hydrogens is 276 g/mol. The number of aromatic nitrogens is 2. The van der Waals surface area contributed by atoms with Crippen molar-refractivity contribution in [1.29, 1.82) is 0 Å². The molecule has 1 heterocycles. The fourth-order valence-corrected chi connectivity index (χ4v) is 1.87. The van der Waals surface area contributed by atoms with E-state index >= 15 is 0 Å². The molecular formula is C14H18N2O3S. The van der Waals surface area contributed by atoms with Gasteiger partial charge in [-0.3, -0.25) is 4.98 Å². The zero-order chi connectivity index (χ0) is 15.2. The third kappa shape index (κ3) is 4.62. The minimum absolute atomic E-state index is 0.104. The third-order valence-corrected chi connectivity index (χ3v) is 3.14. The van der Waals surface area contributed by atoms with Crippen molar-refractivity contribution in [3.8, 4) is 11.6 Å². The van der Waals surface area contributed by atoms with Crippen LogP contribution in [0.4, 0.5) is 0 Å². The number of sulfone groups is 1. The summed E-state index contributed by atoms with van der Waals surface area (Å²) < 4.78 is 28.1. The van der Waals surface area contributed by atoms with Crippen LogP contribution in [0.15, 0.2) is 41.7 Å². The van der Waals surface area contributed by atoms with Crippen LogP contribution in [0.2, 0.25) is 0 Å². The van der Waals surface area contributed by atoms with E-state index in [0.717, 1.165) is 11.8 Å². The smallest absolute Gasteiger partial charge is 0.239 e. The Bertz CT molecular complexity index is 670. The molecule has 0 N–H and O–H groups in total. The maximum Gasteiger partial charge on any atom is 0.239 e. The predicted octanol–water partition coefficient (Wildman–Crippen LogP) is 3.01. The molecule has 6 heteroatoms. The van der Waals surface area contributed by atoms with Crippen LogP contribution in [0.25, 0.3) is 0 Å². The molecule has 0 radical (unpaired) electrons. The van der Waals surface area contributed by atoms with Crippen molar-refractivity contribution in [2.75, 3.05) is 6.26 Å². The van der Waals surface area contributed by atoms with Gasteiger partial charge < -0.3 is 4.74 Å². The molecule has 0 bridgehead atoms. The monoisotopic (exact) mass is 294 g/mol. The highest BCUT2D eigenvalue weighted by Gasteiger charge is 2.11. The zero-order valence-corrected chi connectivity index (χ0v) is 12.8. The molecule has 0 saturated carbocycles. The van der Waals surface area contributed by atoms with E-state index in [1.807, 2.05) is 39.0 Å². The summed E-state index contributed by atoms with van der Waals surface area (Å²) in [5.41, 5.74) is 1.04. The molecule has 0 spiro atoms. The van der Waals surface area contributed by atoms with Gasteiger partial charge >= 0.3 is 0 Å². The summed E-state index contributed by atoms with van der Waals surface area (Å²) in [6.45, 7) is 5.94. The van der Waals surface area contributed by atoms with Crippen LogP contribution >= 0.6 is 0 Å². The first-order chi connectivity index (χ1) is 9.45. The lowest BCUT2D eigenvalue weighted by Gasteiger charge is -2.05. The molecule has 0 amide bonds. The lowest BCUT2D eigenvalue weighted by Crippen LogP contribution is -2.02. The van der Waals surface area contributed by atoms with Gasteiger partial charge in [0.15, 0.2) is 14.9 Å². The van der Waals surface area contributed by atoms with Gasteiger partial charge in [-0.15, -0.1) is 0 Å². The van der Waals surface area contributed by atoms with Crippen LogP contribution in [0.3, 0.4) is 0 Å². The van der Waals surface area contributed by atoms with Crippen LogP contribution in [-0.4, -0.2) is 24.6 Å². The van der Waals surface area contributed by atoms with Crippen molar-refractivity contribution in [3.63, 3.8) is 0 Å². The number of benzene rings is 1. The van der Waals surface area contributed by atoms with E-state index in [2.05, 4.69) is 9.97 Å². The van der Waals surface area contributed by atoms with Crippen LogP contribution in [0.5, 0.6) is 11.6 Å². The minimum atomic E-state index is -3.38. The molecule has 0 aliphatic heterocycles. The van der Waals surface area contributed by atoms with Gasteiger partial charge in [0.2, 0.25) is 5.88 Å². The van der Waals surface area contributed by atoms with E-state index in [0.29, 0.717) is 5.75 Å². The van der Waals surface area contributed by atoms with Gasteiger partial charge in [-0.05, 0) is 24.6 Å². The van der Waals surface area contributed by atoms with Gasteiger partial charge in [-0.2, -0.15) is 4.98 Å².